The minimum absolute atomic E-state index is 0.605. The maximum atomic E-state index is 3.51. The van der Waals surface area contributed by atoms with Crippen LogP contribution in [0.1, 0.15) is 47.0 Å². The third-order valence-corrected chi connectivity index (χ3v) is 4.27. The van der Waals surface area contributed by atoms with E-state index in [1.807, 2.05) is 0 Å². The van der Waals surface area contributed by atoms with Crippen molar-refractivity contribution in [1.29, 1.82) is 0 Å². The van der Waals surface area contributed by atoms with Crippen LogP contribution in [0.15, 0.2) is 0 Å². The number of rotatable bonds is 8. The topological polar surface area (TPSA) is 18.5 Å². The average molecular weight is 255 g/mol. The Balaban J connectivity index is 2.24. The fourth-order valence-corrected chi connectivity index (χ4v) is 2.83. The second kappa shape index (κ2) is 8.13. The van der Waals surface area contributed by atoms with Gasteiger partial charge in [0.2, 0.25) is 0 Å². The van der Waals surface area contributed by atoms with Gasteiger partial charge in [-0.25, -0.2) is 0 Å². The smallest absolute Gasteiger partial charge is 0.0223 e. The van der Waals surface area contributed by atoms with Gasteiger partial charge >= 0.3 is 0 Å². The van der Waals surface area contributed by atoms with Crippen molar-refractivity contribution in [3.63, 3.8) is 0 Å². The van der Waals surface area contributed by atoms with E-state index in [-0.39, 0.29) is 0 Å². The van der Waals surface area contributed by atoms with Gasteiger partial charge in [-0.1, -0.05) is 20.8 Å². The third kappa shape index (κ3) is 5.25. The minimum Gasteiger partial charge on any atom is -0.314 e. The van der Waals surface area contributed by atoms with Crippen LogP contribution in [-0.4, -0.2) is 61.2 Å². The van der Waals surface area contributed by atoms with Crippen LogP contribution in [-0.2, 0) is 0 Å². The van der Waals surface area contributed by atoms with Crippen molar-refractivity contribution in [2.45, 2.75) is 65.1 Å². The molecule has 1 aliphatic rings. The molecule has 0 radical (unpaired) electrons. The molecule has 3 heteroatoms. The van der Waals surface area contributed by atoms with Gasteiger partial charge in [0.25, 0.3) is 0 Å². The predicted molar refractivity (Wildman–Crippen MR) is 80.1 cm³/mol. The first-order valence-electron chi connectivity index (χ1n) is 7.72. The van der Waals surface area contributed by atoms with Gasteiger partial charge in [0.1, 0.15) is 0 Å². The summed E-state index contributed by atoms with van der Waals surface area (Å²) in [6.45, 7) is 13.9. The predicted octanol–water partition coefficient (Wildman–Crippen LogP) is 2.18. The summed E-state index contributed by atoms with van der Waals surface area (Å²) >= 11 is 0. The summed E-state index contributed by atoms with van der Waals surface area (Å²) in [6, 6.07) is 2.07. The molecule has 0 aromatic carbocycles. The molecule has 0 bridgehead atoms. The molecule has 1 N–H and O–H groups in total. The van der Waals surface area contributed by atoms with Gasteiger partial charge in [-0.05, 0) is 52.9 Å². The lowest BCUT2D eigenvalue weighted by Gasteiger charge is -2.31. The first-order valence-corrected chi connectivity index (χ1v) is 7.72. The first kappa shape index (κ1) is 15.9. The monoisotopic (exact) mass is 255 g/mol. The maximum absolute atomic E-state index is 3.51. The normalized spacial score (nSPS) is 23.2. The average Bonchev–Trinajstić information content (AvgIpc) is 2.75. The van der Waals surface area contributed by atoms with Crippen molar-refractivity contribution < 1.29 is 0 Å². The van der Waals surface area contributed by atoms with Crippen molar-refractivity contribution >= 4 is 0 Å². The molecule has 18 heavy (non-hydrogen) atoms. The van der Waals surface area contributed by atoms with Crippen LogP contribution in [0.25, 0.3) is 0 Å². The zero-order valence-electron chi connectivity index (χ0n) is 13.1. The summed E-state index contributed by atoms with van der Waals surface area (Å²) in [7, 11) is 2.28. The highest BCUT2D eigenvalue weighted by Gasteiger charge is 2.25. The molecule has 2 atom stereocenters. The standard InChI is InChI=1S/C15H33N3/c1-6-18-11-7-8-15(18)12-17(5)14(4)9-10-16-13(2)3/h13-16H,6-12H2,1-5H3. The van der Waals surface area contributed by atoms with Crippen molar-refractivity contribution in [2.75, 3.05) is 33.2 Å². The molecule has 1 fully saturated rings. The molecule has 1 heterocycles. The Hall–Kier alpha value is -0.120. The molecule has 1 saturated heterocycles. The molecule has 0 aromatic heterocycles. The Morgan fingerprint density at radius 2 is 2.06 bits per heavy atom. The lowest BCUT2D eigenvalue weighted by molar-refractivity contribution is 0.164. The van der Waals surface area contributed by atoms with Crippen LogP contribution in [0, 0.1) is 0 Å². The maximum Gasteiger partial charge on any atom is 0.0223 e. The van der Waals surface area contributed by atoms with E-state index in [1.165, 1.54) is 38.9 Å². The van der Waals surface area contributed by atoms with Gasteiger partial charge in [-0.2, -0.15) is 0 Å². The van der Waals surface area contributed by atoms with Crippen molar-refractivity contribution in [3.8, 4) is 0 Å². The molecular formula is C15H33N3. The van der Waals surface area contributed by atoms with Gasteiger partial charge < -0.3 is 10.2 Å². The van der Waals surface area contributed by atoms with E-state index in [0.717, 1.165) is 12.6 Å². The minimum atomic E-state index is 0.605. The fraction of sp³-hybridized carbons (Fsp3) is 1.00. The van der Waals surface area contributed by atoms with Crippen LogP contribution >= 0.6 is 0 Å². The van der Waals surface area contributed by atoms with Gasteiger partial charge in [0, 0.05) is 24.7 Å². The Bertz CT molecular complexity index is 218. The molecule has 108 valence electrons. The van der Waals surface area contributed by atoms with Crippen molar-refractivity contribution in [2.24, 2.45) is 0 Å². The Morgan fingerprint density at radius 3 is 2.67 bits per heavy atom. The molecular weight excluding hydrogens is 222 g/mol. The number of hydrogen-bond donors (Lipinski definition) is 1. The molecule has 0 aliphatic carbocycles. The molecule has 3 nitrogen and oxygen atoms in total. The van der Waals surface area contributed by atoms with Gasteiger partial charge in [-0.3, -0.25) is 4.90 Å². The van der Waals surface area contributed by atoms with E-state index in [9.17, 15) is 0 Å². The lowest BCUT2D eigenvalue weighted by atomic mass is 10.1. The number of hydrogen-bond acceptors (Lipinski definition) is 3. The summed E-state index contributed by atoms with van der Waals surface area (Å²) in [5.74, 6) is 0. The number of likely N-dealkylation sites (N-methyl/N-ethyl adjacent to an activating group) is 2. The van der Waals surface area contributed by atoms with E-state index in [4.69, 9.17) is 0 Å². The molecule has 2 unspecified atom stereocenters. The van der Waals surface area contributed by atoms with Crippen LogP contribution in [0.3, 0.4) is 0 Å². The highest BCUT2D eigenvalue weighted by atomic mass is 15.2. The quantitative estimate of drug-likeness (QED) is 0.717. The fourth-order valence-electron chi connectivity index (χ4n) is 2.83. The summed E-state index contributed by atoms with van der Waals surface area (Å²) in [5, 5.41) is 3.51. The second-order valence-electron chi connectivity index (χ2n) is 6.11. The van der Waals surface area contributed by atoms with Gasteiger partial charge in [0.15, 0.2) is 0 Å². The highest BCUT2D eigenvalue weighted by Crippen LogP contribution is 2.18. The zero-order valence-corrected chi connectivity index (χ0v) is 13.1. The van der Waals surface area contributed by atoms with E-state index in [1.54, 1.807) is 0 Å². The number of likely N-dealkylation sites (tertiary alicyclic amines) is 1. The van der Waals surface area contributed by atoms with Crippen molar-refractivity contribution in [1.82, 2.24) is 15.1 Å². The Labute approximate surface area is 114 Å². The van der Waals surface area contributed by atoms with E-state index in [2.05, 4.69) is 49.9 Å². The zero-order chi connectivity index (χ0) is 13.5. The van der Waals surface area contributed by atoms with Crippen LogP contribution in [0.2, 0.25) is 0 Å². The summed E-state index contributed by atoms with van der Waals surface area (Å²) in [5.41, 5.74) is 0. The molecule has 0 spiro atoms. The number of nitrogens with one attached hydrogen (secondary N) is 1. The van der Waals surface area contributed by atoms with Gasteiger partial charge in [0.05, 0.1) is 0 Å². The second-order valence-corrected chi connectivity index (χ2v) is 6.11. The Kier molecular flexibility index (Phi) is 7.20. The van der Waals surface area contributed by atoms with Crippen LogP contribution in [0.4, 0.5) is 0 Å². The Morgan fingerprint density at radius 1 is 1.33 bits per heavy atom. The molecule has 1 aliphatic heterocycles. The lowest BCUT2D eigenvalue weighted by Crippen LogP contribution is -2.43. The molecule has 0 aromatic rings. The largest absolute Gasteiger partial charge is 0.314 e. The number of nitrogens with zero attached hydrogens (tertiary/aromatic N) is 2. The summed E-state index contributed by atoms with van der Waals surface area (Å²) < 4.78 is 0. The molecule has 0 saturated carbocycles. The van der Waals surface area contributed by atoms with E-state index in [0.29, 0.717) is 12.1 Å². The van der Waals surface area contributed by atoms with Crippen LogP contribution < -0.4 is 5.32 Å². The highest BCUT2D eigenvalue weighted by molar-refractivity contribution is 4.82. The first-order chi connectivity index (χ1) is 8.54. The summed E-state index contributed by atoms with van der Waals surface area (Å²) in [6.07, 6.45) is 4.01. The van der Waals surface area contributed by atoms with Crippen molar-refractivity contribution in [3.05, 3.63) is 0 Å². The van der Waals surface area contributed by atoms with E-state index < -0.39 is 0 Å². The van der Waals surface area contributed by atoms with Gasteiger partial charge in [-0.15, -0.1) is 0 Å². The van der Waals surface area contributed by atoms with E-state index >= 15 is 0 Å². The summed E-state index contributed by atoms with van der Waals surface area (Å²) in [4.78, 5) is 5.18. The SMILES string of the molecule is CCN1CCCC1CN(C)C(C)CCNC(C)C. The van der Waals surface area contributed by atoms with Crippen LogP contribution in [0.5, 0.6) is 0 Å². The third-order valence-electron chi connectivity index (χ3n) is 4.27. The molecule has 1 rings (SSSR count). The molecule has 0 amide bonds.